The van der Waals surface area contributed by atoms with Crippen LogP contribution >= 0.6 is 0 Å². The molecule has 1 heterocycles. The first-order valence-electron chi connectivity index (χ1n) is 7.63. The quantitative estimate of drug-likeness (QED) is 0.505. The fourth-order valence-corrected chi connectivity index (χ4v) is 2.89. The first kappa shape index (κ1) is 14.9. The maximum atomic E-state index is 6.02. The lowest BCUT2D eigenvalue weighted by Crippen LogP contribution is -2.39. The number of nitrogens with zero attached hydrogens (tertiary/aromatic N) is 3. The molecule has 0 aromatic carbocycles. The second kappa shape index (κ2) is 6.77. The van der Waals surface area contributed by atoms with E-state index in [1.165, 1.54) is 44.1 Å². The van der Waals surface area contributed by atoms with E-state index < -0.39 is 0 Å². The summed E-state index contributed by atoms with van der Waals surface area (Å²) in [6.07, 6.45) is 7.71. The van der Waals surface area contributed by atoms with Crippen LogP contribution in [0.5, 0.6) is 0 Å². The molecule has 1 fully saturated rings. The molecule has 0 atom stereocenters. The average molecular weight is 277 g/mol. The number of rotatable bonds is 3. The molecule has 1 aliphatic rings. The van der Waals surface area contributed by atoms with Crippen molar-refractivity contribution in [2.45, 2.75) is 65.0 Å². The standard InChI is InChI=1S/C15H27N5/c1-11-14(12(2)20(3)19-11)10-17-15(16)18-13-8-6-4-5-7-9-13/h13H,4-10H2,1-3H3,(H3,16,17,18). The molecule has 1 aliphatic carbocycles. The highest BCUT2D eigenvalue weighted by Gasteiger charge is 2.13. The van der Waals surface area contributed by atoms with Crippen LogP contribution in [0.1, 0.15) is 55.5 Å². The number of nitrogens with two attached hydrogens (primary N) is 1. The summed E-state index contributed by atoms with van der Waals surface area (Å²) in [5.41, 5.74) is 9.40. The number of aryl methyl sites for hydroxylation is 2. The highest BCUT2D eigenvalue weighted by molar-refractivity contribution is 5.78. The van der Waals surface area contributed by atoms with E-state index >= 15 is 0 Å². The Labute approximate surface area is 121 Å². The van der Waals surface area contributed by atoms with E-state index in [4.69, 9.17) is 5.73 Å². The summed E-state index contributed by atoms with van der Waals surface area (Å²) in [7, 11) is 1.96. The molecule has 112 valence electrons. The van der Waals surface area contributed by atoms with Crippen LogP contribution in [0.25, 0.3) is 0 Å². The zero-order valence-electron chi connectivity index (χ0n) is 12.9. The Morgan fingerprint density at radius 2 is 1.95 bits per heavy atom. The molecule has 1 aromatic heterocycles. The lowest BCUT2D eigenvalue weighted by atomic mass is 10.1. The summed E-state index contributed by atoms with van der Waals surface area (Å²) in [4.78, 5) is 4.48. The van der Waals surface area contributed by atoms with Gasteiger partial charge in [0.15, 0.2) is 5.96 Å². The number of nitrogens with one attached hydrogen (secondary N) is 1. The second-order valence-electron chi connectivity index (χ2n) is 5.81. The molecule has 5 nitrogen and oxygen atoms in total. The van der Waals surface area contributed by atoms with E-state index in [0.717, 1.165) is 11.4 Å². The van der Waals surface area contributed by atoms with E-state index in [-0.39, 0.29) is 0 Å². The van der Waals surface area contributed by atoms with Gasteiger partial charge < -0.3 is 11.1 Å². The summed E-state index contributed by atoms with van der Waals surface area (Å²) in [6, 6.07) is 0.498. The predicted molar refractivity (Wildman–Crippen MR) is 82.6 cm³/mol. The monoisotopic (exact) mass is 277 g/mol. The van der Waals surface area contributed by atoms with Crippen LogP contribution < -0.4 is 11.1 Å². The topological polar surface area (TPSA) is 68.2 Å². The molecule has 5 heteroatoms. The molecule has 1 saturated carbocycles. The maximum Gasteiger partial charge on any atom is 0.189 e. The van der Waals surface area contributed by atoms with E-state index in [0.29, 0.717) is 18.5 Å². The first-order valence-corrected chi connectivity index (χ1v) is 7.63. The van der Waals surface area contributed by atoms with Crippen LogP contribution in [0.3, 0.4) is 0 Å². The third-order valence-corrected chi connectivity index (χ3v) is 4.27. The van der Waals surface area contributed by atoms with E-state index in [1.807, 2.05) is 18.7 Å². The van der Waals surface area contributed by atoms with Crippen molar-refractivity contribution >= 4 is 5.96 Å². The van der Waals surface area contributed by atoms with Crippen LogP contribution in [0.4, 0.5) is 0 Å². The smallest absolute Gasteiger partial charge is 0.189 e. The minimum Gasteiger partial charge on any atom is -0.370 e. The van der Waals surface area contributed by atoms with E-state index in [2.05, 4.69) is 22.3 Å². The van der Waals surface area contributed by atoms with Gasteiger partial charge in [-0.2, -0.15) is 5.10 Å². The van der Waals surface area contributed by atoms with Crippen molar-refractivity contribution in [3.63, 3.8) is 0 Å². The molecule has 0 radical (unpaired) electrons. The van der Waals surface area contributed by atoms with Gasteiger partial charge in [-0.15, -0.1) is 0 Å². The number of guanidine groups is 1. The molecule has 0 bridgehead atoms. The fraction of sp³-hybridized carbons (Fsp3) is 0.733. The highest BCUT2D eigenvalue weighted by atomic mass is 15.3. The van der Waals surface area contributed by atoms with Gasteiger partial charge in [0.1, 0.15) is 0 Å². The number of hydrogen-bond acceptors (Lipinski definition) is 2. The summed E-state index contributed by atoms with van der Waals surface area (Å²) >= 11 is 0. The Balaban J connectivity index is 1.93. The predicted octanol–water partition coefficient (Wildman–Crippen LogP) is 2.16. The Morgan fingerprint density at radius 1 is 1.30 bits per heavy atom. The Morgan fingerprint density at radius 3 is 2.50 bits per heavy atom. The van der Waals surface area contributed by atoms with E-state index in [1.54, 1.807) is 0 Å². The lowest BCUT2D eigenvalue weighted by molar-refractivity contribution is 0.530. The summed E-state index contributed by atoms with van der Waals surface area (Å²) in [5.74, 6) is 0.569. The minimum absolute atomic E-state index is 0.498. The van der Waals surface area contributed by atoms with Crippen molar-refractivity contribution < 1.29 is 0 Å². The van der Waals surface area contributed by atoms with Gasteiger partial charge in [0.2, 0.25) is 0 Å². The van der Waals surface area contributed by atoms with Crippen LogP contribution in [0.15, 0.2) is 4.99 Å². The molecule has 20 heavy (non-hydrogen) atoms. The molecular formula is C15H27N5. The van der Waals surface area contributed by atoms with Gasteiger partial charge >= 0.3 is 0 Å². The molecular weight excluding hydrogens is 250 g/mol. The summed E-state index contributed by atoms with van der Waals surface area (Å²) < 4.78 is 1.90. The number of aromatic nitrogens is 2. The Kier molecular flexibility index (Phi) is 5.04. The summed E-state index contributed by atoms with van der Waals surface area (Å²) in [5, 5.41) is 7.78. The summed E-state index contributed by atoms with van der Waals surface area (Å²) in [6.45, 7) is 4.70. The van der Waals surface area contributed by atoms with Crippen molar-refractivity contribution in [1.29, 1.82) is 0 Å². The van der Waals surface area contributed by atoms with Crippen LogP contribution in [-0.4, -0.2) is 21.8 Å². The largest absolute Gasteiger partial charge is 0.370 e. The number of hydrogen-bond donors (Lipinski definition) is 2. The third-order valence-electron chi connectivity index (χ3n) is 4.27. The van der Waals surface area contributed by atoms with Crippen molar-refractivity contribution in [2.24, 2.45) is 17.8 Å². The first-order chi connectivity index (χ1) is 9.58. The van der Waals surface area contributed by atoms with Gasteiger partial charge in [-0.25, -0.2) is 4.99 Å². The lowest BCUT2D eigenvalue weighted by Gasteiger charge is -2.16. The van der Waals surface area contributed by atoms with Crippen LogP contribution in [-0.2, 0) is 13.6 Å². The third kappa shape index (κ3) is 3.74. The molecule has 3 N–H and O–H groups in total. The van der Waals surface area contributed by atoms with Gasteiger partial charge in [-0.05, 0) is 26.7 Å². The SMILES string of the molecule is Cc1nn(C)c(C)c1CN=C(N)NC1CCCCCC1. The molecule has 2 rings (SSSR count). The molecule has 0 unspecified atom stereocenters. The average Bonchev–Trinajstić information content (AvgIpc) is 2.62. The van der Waals surface area contributed by atoms with Crippen molar-refractivity contribution in [3.05, 3.63) is 17.0 Å². The van der Waals surface area contributed by atoms with Gasteiger partial charge in [-0.3, -0.25) is 4.68 Å². The molecule has 0 saturated heterocycles. The molecule has 0 aliphatic heterocycles. The zero-order valence-corrected chi connectivity index (χ0v) is 12.9. The molecule has 1 aromatic rings. The van der Waals surface area contributed by atoms with Crippen LogP contribution in [0.2, 0.25) is 0 Å². The van der Waals surface area contributed by atoms with Gasteiger partial charge in [0, 0.05) is 24.3 Å². The highest BCUT2D eigenvalue weighted by Crippen LogP contribution is 2.17. The van der Waals surface area contributed by atoms with Crippen molar-refractivity contribution in [2.75, 3.05) is 0 Å². The second-order valence-corrected chi connectivity index (χ2v) is 5.81. The van der Waals surface area contributed by atoms with Crippen LogP contribution in [0, 0.1) is 13.8 Å². The van der Waals surface area contributed by atoms with Gasteiger partial charge in [0.05, 0.1) is 12.2 Å². The molecule has 0 amide bonds. The van der Waals surface area contributed by atoms with Crippen molar-refractivity contribution in [3.8, 4) is 0 Å². The Hall–Kier alpha value is -1.52. The van der Waals surface area contributed by atoms with Gasteiger partial charge in [-0.1, -0.05) is 25.7 Å². The van der Waals surface area contributed by atoms with Crippen molar-refractivity contribution in [1.82, 2.24) is 15.1 Å². The normalized spacial score (nSPS) is 18.1. The Bertz CT molecular complexity index is 467. The van der Waals surface area contributed by atoms with E-state index in [9.17, 15) is 0 Å². The maximum absolute atomic E-state index is 6.02. The fourth-order valence-electron chi connectivity index (χ4n) is 2.89. The molecule has 0 spiro atoms. The number of aliphatic imine (C=N–C) groups is 1. The zero-order chi connectivity index (χ0) is 14.5. The minimum atomic E-state index is 0.498. The van der Waals surface area contributed by atoms with Gasteiger partial charge in [0.25, 0.3) is 0 Å².